The summed E-state index contributed by atoms with van der Waals surface area (Å²) in [5.74, 6) is -0.285. The van der Waals surface area contributed by atoms with Gasteiger partial charge in [0.15, 0.2) is 23.8 Å². The molecule has 0 atom stereocenters. The van der Waals surface area contributed by atoms with E-state index in [1.807, 2.05) is 0 Å². The van der Waals surface area contributed by atoms with Crippen LogP contribution in [-0.2, 0) is 19.7 Å². The van der Waals surface area contributed by atoms with E-state index in [4.69, 9.17) is 0 Å². The van der Waals surface area contributed by atoms with E-state index in [9.17, 15) is 16.8 Å². The Labute approximate surface area is 138 Å². The fourth-order valence-electron chi connectivity index (χ4n) is 2.10. The van der Waals surface area contributed by atoms with E-state index in [1.165, 1.54) is 59.3 Å². The molecule has 0 unspecified atom stereocenters. The number of sulfone groups is 2. The second-order valence-corrected chi connectivity index (χ2v) is 11.4. The van der Waals surface area contributed by atoms with Crippen molar-refractivity contribution in [1.29, 1.82) is 0 Å². The average molecular weight is 357 g/mol. The molecule has 0 heterocycles. The molecule has 6 heteroatoms. The van der Waals surface area contributed by atoms with Crippen LogP contribution in [0.1, 0.15) is 86.5 Å². The first-order valence-electron chi connectivity index (χ1n) is 8.54. The summed E-state index contributed by atoms with van der Waals surface area (Å²) in [6.45, 7) is 10.3. The molecule has 0 aromatic heterocycles. The highest BCUT2D eigenvalue weighted by Gasteiger charge is 2.47. The molecule has 4 nitrogen and oxygen atoms in total. The third-order valence-corrected chi connectivity index (χ3v) is 10.4. The summed E-state index contributed by atoms with van der Waals surface area (Å²) in [4.78, 5) is 0. The summed E-state index contributed by atoms with van der Waals surface area (Å²) in [6.07, 6.45) is 8.58. The predicted molar refractivity (Wildman–Crippen MR) is 96.7 cm³/mol. The van der Waals surface area contributed by atoms with Crippen LogP contribution in [0.5, 0.6) is 0 Å². The molecule has 0 bridgehead atoms. The summed E-state index contributed by atoms with van der Waals surface area (Å²) in [5.41, 5.74) is 0. The zero-order chi connectivity index (χ0) is 17.9. The van der Waals surface area contributed by atoms with E-state index < -0.39 is 23.8 Å². The molecule has 0 radical (unpaired) electrons. The monoisotopic (exact) mass is 356 g/mol. The normalized spacial score (nSPS) is 12.6. The minimum Gasteiger partial charge on any atom is -0.227 e. The highest BCUT2D eigenvalue weighted by Crippen LogP contribution is 2.29. The summed E-state index contributed by atoms with van der Waals surface area (Å²) in [6, 6.07) is 0. The number of unbranched alkanes of at least 4 members (excludes halogenated alkanes) is 5. The Kier molecular flexibility index (Phi) is 12.6. The molecule has 0 aliphatic rings. The van der Waals surface area contributed by atoms with E-state index in [-0.39, 0.29) is 17.9 Å². The van der Waals surface area contributed by atoms with Gasteiger partial charge in [-0.2, -0.15) is 0 Å². The maximum Gasteiger partial charge on any atom is 0.170 e. The maximum atomic E-state index is 11.7. The Bertz CT molecular complexity index is 424. The minimum absolute atomic E-state index is 0.0966. The molecule has 0 aromatic carbocycles. The van der Waals surface area contributed by atoms with Crippen LogP contribution in [0.3, 0.4) is 0 Å². The Morgan fingerprint density at radius 3 is 1.14 bits per heavy atom. The lowest BCUT2D eigenvalue weighted by Gasteiger charge is -2.26. The topological polar surface area (TPSA) is 68.3 Å². The zero-order valence-electron chi connectivity index (χ0n) is 15.3. The van der Waals surface area contributed by atoms with Gasteiger partial charge in [-0.25, -0.2) is 16.8 Å². The van der Waals surface area contributed by atoms with Crippen LogP contribution >= 0.6 is 0 Å². The van der Waals surface area contributed by atoms with Crippen molar-refractivity contribution in [2.75, 3.05) is 11.5 Å². The summed E-state index contributed by atoms with van der Waals surface area (Å²) < 4.78 is 45.1. The first kappa shape index (κ1) is 24.2. The van der Waals surface area contributed by atoms with Crippen molar-refractivity contribution in [1.82, 2.24) is 0 Å². The number of rotatable bonds is 10. The van der Waals surface area contributed by atoms with Gasteiger partial charge in [0, 0.05) is 11.5 Å². The van der Waals surface area contributed by atoms with Crippen LogP contribution in [0.4, 0.5) is 0 Å². The van der Waals surface area contributed by atoms with Gasteiger partial charge in [-0.15, -0.1) is 0 Å². The lowest BCUT2D eigenvalue weighted by atomic mass is 10.1. The lowest BCUT2D eigenvalue weighted by molar-refractivity contribution is 0.543. The highest BCUT2D eigenvalue weighted by molar-refractivity contribution is 8.10. The SMILES string of the molecule is CCC(C)(S(=O)(=O)CC)S(=O)(=O)CC.CCCCCCCC. The first-order chi connectivity index (χ1) is 10.1. The Balaban J connectivity index is 0. The van der Waals surface area contributed by atoms with Gasteiger partial charge < -0.3 is 0 Å². The molecule has 0 spiro atoms. The first-order valence-corrected chi connectivity index (χ1v) is 11.8. The maximum absolute atomic E-state index is 11.7. The van der Waals surface area contributed by atoms with E-state index in [2.05, 4.69) is 13.8 Å². The second-order valence-electron chi connectivity index (χ2n) is 5.71. The molecular formula is C16H36O4S2. The Morgan fingerprint density at radius 2 is 0.955 bits per heavy atom. The largest absolute Gasteiger partial charge is 0.227 e. The number of hydrogen-bond donors (Lipinski definition) is 0. The van der Waals surface area contributed by atoms with Crippen molar-refractivity contribution in [2.24, 2.45) is 0 Å². The van der Waals surface area contributed by atoms with Crippen molar-refractivity contribution >= 4 is 19.7 Å². The molecule has 0 aromatic rings. The summed E-state index contributed by atoms with van der Waals surface area (Å²) >= 11 is 0. The molecule has 22 heavy (non-hydrogen) atoms. The van der Waals surface area contributed by atoms with Crippen molar-refractivity contribution in [3.63, 3.8) is 0 Å². The van der Waals surface area contributed by atoms with Gasteiger partial charge >= 0.3 is 0 Å². The zero-order valence-corrected chi connectivity index (χ0v) is 16.9. The number of hydrogen-bond acceptors (Lipinski definition) is 4. The van der Waals surface area contributed by atoms with Gasteiger partial charge in [-0.1, -0.05) is 73.1 Å². The quantitative estimate of drug-likeness (QED) is 0.546. The molecule has 0 aliphatic heterocycles. The van der Waals surface area contributed by atoms with Gasteiger partial charge in [0.2, 0.25) is 0 Å². The van der Waals surface area contributed by atoms with Crippen LogP contribution in [0, 0.1) is 0 Å². The molecule has 0 saturated carbocycles. The highest BCUT2D eigenvalue weighted by atomic mass is 32.3. The van der Waals surface area contributed by atoms with Gasteiger partial charge in [-0.05, 0) is 13.3 Å². The Morgan fingerprint density at radius 1 is 0.636 bits per heavy atom. The van der Waals surface area contributed by atoms with Crippen molar-refractivity contribution < 1.29 is 16.8 Å². The smallest absolute Gasteiger partial charge is 0.170 e. The van der Waals surface area contributed by atoms with Crippen LogP contribution in [0.25, 0.3) is 0 Å². The predicted octanol–water partition coefficient (Wildman–Crippen LogP) is 4.35. The van der Waals surface area contributed by atoms with E-state index >= 15 is 0 Å². The van der Waals surface area contributed by atoms with Gasteiger partial charge in [0.25, 0.3) is 0 Å². The van der Waals surface area contributed by atoms with Crippen LogP contribution in [0.2, 0.25) is 0 Å². The molecule has 0 saturated heterocycles. The second kappa shape index (κ2) is 11.4. The average Bonchev–Trinajstić information content (AvgIpc) is 2.51. The molecule has 0 fully saturated rings. The standard InChI is InChI=1S/C8H18O4S2.C8H18/c1-5-8(4,13(9,10)6-2)14(11,12)7-3;1-3-5-7-8-6-4-2/h5-7H2,1-4H3;3-8H2,1-2H3. The molecular weight excluding hydrogens is 320 g/mol. The molecule has 0 amide bonds. The van der Waals surface area contributed by atoms with Gasteiger partial charge in [-0.3, -0.25) is 0 Å². The minimum atomic E-state index is -3.57. The van der Waals surface area contributed by atoms with Crippen molar-refractivity contribution in [3.05, 3.63) is 0 Å². The lowest BCUT2D eigenvalue weighted by Crippen LogP contribution is -2.44. The van der Waals surface area contributed by atoms with Crippen molar-refractivity contribution in [2.45, 2.75) is 90.6 Å². The van der Waals surface area contributed by atoms with E-state index in [0.29, 0.717) is 0 Å². The van der Waals surface area contributed by atoms with Crippen LogP contribution < -0.4 is 0 Å². The molecule has 0 rings (SSSR count). The van der Waals surface area contributed by atoms with Crippen molar-refractivity contribution in [3.8, 4) is 0 Å². The summed E-state index contributed by atoms with van der Waals surface area (Å²) in [7, 11) is -7.14. The van der Waals surface area contributed by atoms with Gasteiger partial charge in [0.1, 0.15) is 0 Å². The van der Waals surface area contributed by atoms with Crippen LogP contribution in [0.15, 0.2) is 0 Å². The molecule has 0 aliphatic carbocycles. The van der Waals surface area contributed by atoms with Crippen LogP contribution in [-0.4, -0.2) is 32.4 Å². The molecule has 136 valence electrons. The fourth-order valence-corrected chi connectivity index (χ4v) is 6.45. The van der Waals surface area contributed by atoms with E-state index in [0.717, 1.165) is 0 Å². The third-order valence-electron chi connectivity index (χ3n) is 4.18. The molecule has 0 N–H and O–H groups in total. The van der Waals surface area contributed by atoms with E-state index in [1.54, 1.807) is 6.92 Å². The van der Waals surface area contributed by atoms with Gasteiger partial charge in [0.05, 0.1) is 0 Å². The Hall–Kier alpha value is -0.100. The fraction of sp³-hybridized carbons (Fsp3) is 1.00. The summed E-state index contributed by atoms with van der Waals surface area (Å²) in [5, 5.41) is 0. The third kappa shape index (κ3) is 6.99.